The minimum absolute atomic E-state index is 0. The molecule has 4 aromatic rings. The zero-order chi connectivity index (χ0) is 27.9. The van der Waals surface area contributed by atoms with Gasteiger partial charge < -0.3 is 19.5 Å². The number of hydrogen-bond donors (Lipinski definition) is 1. The summed E-state index contributed by atoms with van der Waals surface area (Å²) in [6.45, 7) is 5.19. The largest absolute Gasteiger partial charge is 1.00 e. The SMILES string of the molecule is CC(C)(C)OC(=O)Nc1cccc(/C(=N/OC(c2ccccc2)(c2ccccc2)c2ccccc2)C(=O)[O-])n1.[Na+]. The Bertz CT molecular complexity index is 1360. The van der Waals surface area contributed by atoms with Crippen molar-refractivity contribution in [1.82, 2.24) is 4.98 Å². The van der Waals surface area contributed by atoms with Crippen molar-refractivity contribution < 1.29 is 53.8 Å². The second-order valence-corrected chi connectivity index (χ2v) is 9.63. The molecule has 40 heavy (non-hydrogen) atoms. The first-order valence-electron chi connectivity index (χ1n) is 12.3. The molecule has 0 aliphatic heterocycles. The van der Waals surface area contributed by atoms with Crippen LogP contribution in [0.4, 0.5) is 10.6 Å². The van der Waals surface area contributed by atoms with Gasteiger partial charge in [0.05, 0.1) is 11.7 Å². The molecule has 0 aliphatic carbocycles. The number of aliphatic carboxylic acids is 1. The van der Waals surface area contributed by atoms with Crippen LogP contribution in [0.5, 0.6) is 0 Å². The predicted octanol–water partition coefficient (Wildman–Crippen LogP) is 1.90. The molecule has 4 rings (SSSR count). The van der Waals surface area contributed by atoms with Gasteiger partial charge in [-0.05, 0) is 32.9 Å². The van der Waals surface area contributed by atoms with Gasteiger partial charge in [0, 0.05) is 16.7 Å². The molecule has 1 heterocycles. The van der Waals surface area contributed by atoms with Gasteiger partial charge in [-0.3, -0.25) is 5.32 Å². The van der Waals surface area contributed by atoms with Crippen molar-refractivity contribution in [3.05, 3.63) is 132 Å². The molecule has 0 aliphatic rings. The molecule has 0 bridgehead atoms. The molecule has 0 saturated heterocycles. The molecule has 3 aromatic carbocycles. The summed E-state index contributed by atoms with van der Waals surface area (Å²) in [6, 6.07) is 32.7. The Balaban J connectivity index is 0.00000441. The summed E-state index contributed by atoms with van der Waals surface area (Å²) in [4.78, 5) is 35.0. The Hall–Kier alpha value is -3.98. The van der Waals surface area contributed by atoms with Crippen LogP contribution < -0.4 is 40.0 Å². The number of carbonyl (C=O) groups excluding carboxylic acids is 2. The van der Waals surface area contributed by atoms with Gasteiger partial charge in [-0.1, -0.05) is 102 Å². The fourth-order valence-electron chi connectivity index (χ4n) is 4.02. The zero-order valence-corrected chi connectivity index (χ0v) is 24.8. The van der Waals surface area contributed by atoms with E-state index in [1.807, 2.05) is 91.0 Å². The van der Waals surface area contributed by atoms with Gasteiger partial charge >= 0.3 is 35.7 Å². The number of anilines is 1. The van der Waals surface area contributed by atoms with E-state index in [9.17, 15) is 14.7 Å². The summed E-state index contributed by atoms with van der Waals surface area (Å²) in [7, 11) is 0. The van der Waals surface area contributed by atoms with Crippen LogP contribution in [-0.4, -0.2) is 28.4 Å². The van der Waals surface area contributed by atoms with Crippen LogP contribution in [-0.2, 0) is 20.0 Å². The van der Waals surface area contributed by atoms with Crippen molar-refractivity contribution >= 4 is 23.6 Å². The van der Waals surface area contributed by atoms with Crippen molar-refractivity contribution in [1.29, 1.82) is 0 Å². The quantitative estimate of drug-likeness (QED) is 0.157. The number of rotatable bonds is 8. The predicted molar refractivity (Wildman–Crippen MR) is 146 cm³/mol. The van der Waals surface area contributed by atoms with Gasteiger partial charge in [0.15, 0.2) is 5.71 Å². The molecular formula is C31H28N3NaO5. The van der Waals surface area contributed by atoms with Crippen LogP contribution in [0.2, 0.25) is 0 Å². The minimum Gasteiger partial charge on any atom is -0.543 e. The van der Waals surface area contributed by atoms with Gasteiger partial charge in [-0.25, -0.2) is 9.78 Å². The van der Waals surface area contributed by atoms with Gasteiger partial charge in [0.1, 0.15) is 11.4 Å². The van der Waals surface area contributed by atoms with E-state index in [0.717, 1.165) is 16.7 Å². The fraction of sp³-hybridized carbons (Fsp3) is 0.161. The summed E-state index contributed by atoms with van der Waals surface area (Å²) < 4.78 is 5.25. The molecule has 0 radical (unpaired) electrons. The Kier molecular flexibility index (Phi) is 10.2. The summed E-state index contributed by atoms with van der Waals surface area (Å²) in [5, 5.41) is 18.9. The second kappa shape index (κ2) is 13.4. The van der Waals surface area contributed by atoms with Gasteiger partial charge in [-0.2, -0.15) is 0 Å². The molecule has 1 aromatic heterocycles. The van der Waals surface area contributed by atoms with Crippen LogP contribution in [0.25, 0.3) is 0 Å². The van der Waals surface area contributed by atoms with Crippen LogP contribution >= 0.6 is 0 Å². The third-order valence-electron chi connectivity index (χ3n) is 5.63. The number of ether oxygens (including phenoxy) is 1. The average Bonchev–Trinajstić information content (AvgIpc) is 2.91. The maximum atomic E-state index is 12.3. The number of nitrogens with zero attached hydrogens (tertiary/aromatic N) is 2. The molecular weight excluding hydrogens is 517 g/mol. The van der Waals surface area contributed by atoms with Crippen molar-refractivity contribution in [3.63, 3.8) is 0 Å². The number of hydrogen-bond acceptors (Lipinski definition) is 7. The maximum absolute atomic E-state index is 12.3. The van der Waals surface area contributed by atoms with E-state index in [0.29, 0.717) is 0 Å². The number of carbonyl (C=O) groups is 2. The second-order valence-electron chi connectivity index (χ2n) is 9.63. The van der Waals surface area contributed by atoms with Gasteiger partial charge in [0.2, 0.25) is 5.60 Å². The summed E-state index contributed by atoms with van der Waals surface area (Å²) >= 11 is 0. The summed E-state index contributed by atoms with van der Waals surface area (Å²) in [5.41, 5.74) is -0.423. The molecule has 198 valence electrons. The third-order valence-corrected chi connectivity index (χ3v) is 5.63. The summed E-state index contributed by atoms with van der Waals surface area (Å²) in [5.74, 6) is -1.52. The molecule has 0 fully saturated rings. The van der Waals surface area contributed by atoms with E-state index < -0.39 is 29.0 Å². The zero-order valence-electron chi connectivity index (χ0n) is 22.8. The maximum Gasteiger partial charge on any atom is 1.00 e. The monoisotopic (exact) mass is 545 g/mol. The standard InChI is InChI=1S/C31H29N3O5.Na/c1-30(2,3)38-29(37)33-26-21-13-20-25(32-26)27(28(35)36)34-39-31(22-14-7-4-8-15-22,23-16-9-5-10-17-23)24-18-11-6-12-19-24;/h4-21H,1-3H3,(H,35,36)(H,32,33,37);/q;+1/p-1/b34-27-;. The van der Waals surface area contributed by atoms with Crippen LogP contribution in [0.3, 0.4) is 0 Å². The third kappa shape index (κ3) is 7.35. The normalized spacial score (nSPS) is 11.6. The molecule has 9 heteroatoms. The van der Waals surface area contributed by atoms with Crippen LogP contribution in [0, 0.1) is 0 Å². The van der Waals surface area contributed by atoms with E-state index in [2.05, 4.69) is 15.5 Å². The van der Waals surface area contributed by atoms with Crippen LogP contribution in [0.15, 0.2) is 114 Å². The van der Waals surface area contributed by atoms with Crippen molar-refractivity contribution in [2.45, 2.75) is 32.0 Å². The number of carboxylic acid groups (broad SMARTS) is 1. The molecule has 1 N–H and O–H groups in total. The molecule has 0 saturated carbocycles. The van der Waals surface area contributed by atoms with Crippen molar-refractivity contribution in [2.24, 2.45) is 5.16 Å². The number of amides is 1. The number of oxime groups is 1. The van der Waals surface area contributed by atoms with Crippen molar-refractivity contribution in [3.8, 4) is 0 Å². The molecule has 8 nitrogen and oxygen atoms in total. The van der Waals surface area contributed by atoms with Crippen LogP contribution in [0.1, 0.15) is 43.2 Å². The Labute approximate surface area is 255 Å². The fourth-order valence-corrected chi connectivity index (χ4v) is 4.02. The van der Waals surface area contributed by atoms with Gasteiger partial charge in [0.25, 0.3) is 0 Å². The topological polar surface area (TPSA) is 113 Å². The summed E-state index contributed by atoms with van der Waals surface area (Å²) in [6.07, 6.45) is -0.730. The molecule has 0 spiro atoms. The number of benzene rings is 3. The first-order valence-corrected chi connectivity index (χ1v) is 12.3. The number of pyridine rings is 1. The Morgan fingerprint density at radius 3 is 1.65 bits per heavy atom. The number of aromatic nitrogens is 1. The van der Waals surface area contributed by atoms with Crippen molar-refractivity contribution in [2.75, 3.05) is 5.32 Å². The first-order chi connectivity index (χ1) is 18.7. The minimum atomic E-state index is -1.60. The smallest absolute Gasteiger partial charge is 0.543 e. The number of carboxylic acids is 1. The Morgan fingerprint density at radius 1 is 0.750 bits per heavy atom. The molecule has 0 atom stereocenters. The first kappa shape index (κ1) is 30.6. The van der Waals surface area contributed by atoms with Gasteiger partial charge in [-0.15, -0.1) is 0 Å². The van der Waals surface area contributed by atoms with E-state index in [1.54, 1.807) is 20.8 Å². The van der Waals surface area contributed by atoms with E-state index in [4.69, 9.17) is 9.57 Å². The molecule has 1 amide bonds. The van der Waals surface area contributed by atoms with E-state index in [1.165, 1.54) is 18.2 Å². The Morgan fingerprint density at radius 2 is 1.23 bits per heavy atom. The molecule has 0 unspecified atom stereocenters. The van der Waals surface area contributed by atoms with E-state index >= 15 is 0 Å². The number of nitrogens with one attached hydrogen (secondary N) is 1. The average molecular weight is 546 g/mol. The van der Waals surface area contributed by atoms with E-state index in [-0.39, 0.29) is 41.1 Å².